The van der Waals surface area contributed by atoms with Crippen LogP contribution in [0, 0.1) is 0 Å². The summed E-state index contributed by atoms with van der Waals surface area (Å²) < 4.78 is 13.8. The summed E-state index contributed by atoms with van der Waals surface area (Å²) in [5.74, 6) is 3.31. The van der Waals surface area contributed by atoms with E-state index in [-0.39, 0.29) is 6.71 Å². The lowest BCUT2D eigenvalue weighted by atomic mass is 9.34. The average Bonchev–Trinajstić information content (AvgIpc) is 3.11. The molecule has 0 fully saturated rings. The molecule has 0 saturated heterocycles. The summed E-state index contributed by atoms with van der Waals surface area (Å²) in [7, 11) is 0. The molecule has 0 unspecified atom stereocenters. The van der Waals surface area contributed by atoms with E-state index < -0.39 is 0 Å². The number of hydrogen-bond acceptors (Lipinski definition) is 2. The zero-order valence-electron chi connectivity index (χ0n) is 24.7. The number of rotatable bonds is 6. The van der Waals surface area contributed by atoms with Gasteiger partial charge in [-0.05, 0) is 62.5 Å². The Bertz CT molecular complexity index is 2080. The van der Waals surface area contributed by atoms with Gasteiger partial charge in [0.2, 0.25) is 0 Å². The van der Waals surface area contributed by atoms with Crippen LogP contribution in [0.2, 0.25) is 0 Å². The normalized spacial score (nSPS) is 12.6. The molecule has 2 nitrogen and oxygen atoms in total. The maximum atomic E-state index is 6.91. The van der Waals surface area contributed by atoms with Gasteiger partial charge in [0, 0.05) is 16.6 Å². The highest BCUT2D eigenvalue weighted by molar-refractivity contribution is 6.98. The monoisotopic (exact) mass is 576 g/mol. The third kappa shape index (κ3) is 4.52. The van der Waals surface area contributed by atoms with E-state index >= 15 is 0 Å². The van der Waals surface area contributed by atoms with E-state index in [9.17, 15) is 0 Å². The molecule has 212 valence electrons. The van der Waals surface area contributed by atoms with E-state index in [1.165, 1.54) is 11.1 Å². The van der Waals surface area contributed by atoms with E-state index in [0.29, 0.717) is 0 Å². The van der Waals surface area contributed by atoms with Crippen molar-refractivity contribution in [1.29, 1.82) is 0 Å². The number of benzene rings is 6. The summed E-state index contributed by atoms with van der Waals surface area (Å²) in [5, 5.41) is 0. The van der Waals surface area contributed by atoms with Crippen LogP contribution in [-0.2, 0) is 0 Å². The van der Waals surface area contributed by atoms with Crippen LogP contribution in [0.15, 0.2) is 165 Å². The Balaban J connectivity index is 1.45. The standard InChI is InChI=1S/C42H29BO2/c1-3-14-28(4-2)34-27-35(31-19-12-7-13-20-31)42-40-41(34)44-38-23-21-32(29-15-8-5-9-16-29)25-36(38)43(40)37-26-33(22-24-39(37)45-42)30-17-10-6-11-18-30/h3-27H,1-2H2/b28-14+. The predicted octanol–water partition coefficient (Wildman–Crippen LogP) is 9.17. The van der Waals surface area contributed by atoms with Gasteiger partial charge in [0.1, 0.15) is 23.0 Å². The van der Waals surface area contributed by atoms with Crippen molar-refractivity contribution in [3.63, 3.8) is 0 Å². The van der Waals surface area contributed by atoms with Gasteiger partial charge in [0.25, 0.3) is 6.71 Å². The lowest BCUT2D eigenvalue weighted by molar-refractivity contribution is 0.465. The Morgan fingerprint density at radius 3 is 1.56 bits per heavy atom. The lowest BCUT2D eigenvalue weighted by Gasteiger charge is -2.36. The molecule has 2 aliphatic rings. The molecule has 0 aliphatic carbocycles. The third-order valence-corrected chi connectivity index (χ3v) is 8.75. The number of ether oxygens (including phenoxy) is 2. The van der Waals surface area contributed by atoms with Crippen molar-refractivity contribution < 1.29 is 9.47 Å². The van der Waals surface area contributed by atoms with Gasteiger partial charge < -0.3 is 9.47 Å². The summed E-state index contributed by atoms with van der Waals surface area (Å²) in [5.41, 5.74) is 11.9. The second-order valence-electron chi connectivity index (χ2n) is 11.3. The first-order valence-electron chi connectivity index (χ1n) is 15.2. The molecule has 2 aliphatic heterocycles. The second kappa shape index (κ2) is 11.0. The highest BCUT2D eigenvalue weighted by Gasteiger charge is 2.43. The third-order valence-electron chi connectivity index (χ3n) is 8.75. The molecule has 45 heavy (non-hydrogen) atoms. The first kappa shape index (κ1) is 26.8. The van der Waals surface area contributed by atoms with Crippen LogP contribution in [0.4, 0.5) is 0 Å². The maximum absolute atomic E-state index is 6.91. The molecule has 0 bridgehead atoms. The van der Waals surface area contributed by atoms with Crippen LogP contribution in [0.5, 0.6) is 23.0 Å². The molecule has 8 rings (SSSR count). The van der Waals surface area contributed by atoms with E-state index in [0.717, 1.165) is 72.8 Å². The fourth-order valence-corrected chi connectivity index (χ4v) is 6.64. The molecular formula is C42H29BO2. The molecule has 0 radical (unpaired) electrons. The van der Waals surface area contributed by atoms with E-state index in [4.69, 9.17) is 9.47 Å². The van der Waals surface area contributed by atoms with Crippen molar-refractivity contribution in [2.24, 2.45) is 0 Å². The van der Waals surface area contributed by atoms with Crippen molar-refractivity contribution in [2.45, 2.75) is 0 Å². The van der Waals surface area contributed by atoms with Gasteiger partial charge in [-0.15, -0.1) is 0 Å². The molecular weight excluding hydrogens is 547 g/mol. The van der Waals surface area contributed by atoms with Crippen molar-refractivity contribution in [3.05, 3.63) is 170 Å². The van der Waals surface area contributed by atoms with Crippen molar-refractivity contribution in [3.8, 4) is 56.4 Å². The Morgan fingerprint density at radius 2 is 1.04 bits per heavy atom. The minimum absolute atomic E-state index is 0.118. The molecule has 3 heteroatoms. The van der Waals surface area contributed by atoms with E-state index in [1.807, 2.05) is 30.4 Å². The quantitative estimate of drug-likeness (QED) is 0.145. The average molecular weight is 577 g/mol. The summed E-state index contributed by atoms with van der Waals surface area (Å²) in [6.45, 7) is 8.01. The molecule has 6 aromatic rings. The molecule has 0 spiro atoms. The Labute approximate surface area is 264 Å². The van der Waals surface area contributed by atoms with Gasteiger partial charge in [0.05, 0.1) is 0 Å². The predicted molar refractivity (Wildman–Crippen MR) is 189 cm³/mol. The van der Waals surface area contributed by atoms with E-state index in [1.54, 1.807) is 6.08 Å². The first-order chi connectivity index (χ1) is 22.2. The van der Waals surface area contributed by atoms with Gasteiger partial charge in [-0.1, -0.05) is 147 Å². The highest BCUT2D eigenvalue weighted by atomic mass is 16.5. The largest absolute Gasteiger partial charge is 0.458 e. The topological polar surface area (TPSA) is 18.5 Å². The molecule has 0 aromatic heterocycles. The van der Waals surface area contributed by atoms with Crippen molar-refractivity contribution in [2.75, 3.05) is 0 Å². The molecule has 2 heterocycles. The van der Waals surface area contributed by atoms with Gasteiger partial charge in [-0.2, -0.15) is 0 Å². The van der Waals surface area contributed by atoms with Gasteiger partial charge in [0.15, 0.2) is 0 Å². The van der Waals surface area contributed by atoms with Crippen molar-refractivity contribution in [1.82, 2.24) is 0 Å². The molecule has 6 aromatic carbocycles. The fraction of sp³-hybridized carbons (Fsp3) is 0. The smallest absolute Gasteiger partial charge is 0.260 e. The lowest BCUT2D eigenvalue weighted by Crippen LogP contribution is -2.57. The summed E-state index contributed by atoms with van der Waals surface area (Å²) in [4.78, 5) is 0. The van der Waals surface area contributed by atoms with Crippen LogP contribution in [-0.4, -0.2) is 6.71 Å². The Morgan fingerprint density at radius 1 is 0.533 bits per heavy atom. The first-order valence-corrected chi connectivity index (χ1v) is 15.2. The molecule has 0 atom stereocenters. The van der Waals surface area contributed by atoms with Gasteiger partial charge in [-0.25, -0.2) is 0 Å². The Hall–Kier alpha value is -5.80. The van der Waals surface area contributed by atoms with Crippen LogP contribution in [0.1, 0.15) is 5.56 Å². The van der Waals surface area contributed by atoms with Crippen LogP contribution in [0.25, 0.3) is 39.0 Å². The molecule has 0 amide bonds. The zero-order valence-corrected chi connectivity index (χ0v) is 24.7. The summed E-state index contributed by atoms with van der Waals surface area (Å²) >= 11 is 0. The highest BCUT2D eigenvalue weighted by Crippen LogP contribution is 2.45. The second-order valence-corrected chi connectivity index (χ2v) is 11.3. The van der Waals surface area contributed by atoms with Crippen LogP contribution >= 0.6 is 0 Å². The minimum Gasteiger partial charge on any atom is -0.458 e. The molecule has 0 N–H and O–H groups in total. The van der Waals surface area contributed by atoms with Crippen LogP contribution in [0.3, 0.4) is 0 Å². The Kier molecular flexibility index (Phi) is 6.58. The minimum atomic E-state index is -0.118. The van der Waals surface area contributed by atoms with Gasteiger partial charge in [-0.3, -0.25) is 0 Å². The number of allylic oxidation sites excluding steroid dienone is 4. The van der Waals surface area contributed by atoms with Gasteiger partial charge >= 0.3 is 0 Å². The number of hydrogen-bond donors (Lipinski definition) is 0. The molecule has 0 saturated carbocycles. The summed E-state index contributed by atoms with van der Waals surface area (Å²) in [6.07, 6.45) is 5.65. The van der Waals surface area contributed by atoms with Crippen molar-refractivity contribution >= 4 is 28.7 Å². The zero-order chi connectivity index (χ0) is 30.3. The fourth-order valence-electron chi connectivity index (χ4n) is 6.64. The maximum Gasteiger partial charge on any atom is 0.260 e. The van der Waals surface area contributed by atoms with Crippen LogP contribution < -0.4 is 25.9 Å². The number of fused-ring (bicyclic) bond motifs is 4. The van der Waals surface area contributed by atoms with E-state index in [2.05, 4.69) is 128 Å². The summed E-state index contributed by atoms with van der Waals surface area (Å²) in [6, 6.07) is 46.7. The SMILES string of the molecule is C=C/C=C(\C=C)c1cc(-c2ccccc2)c2c3c1Oc1ccc(-c4ccccc4)cc1B3c1cc(-c3ccccc3)ccc1O2.